The van der Waals surface area contributed by atoms with Gasteiger partial charge >= 0.3 is 0 Å². The molecule has 1 aliphatic rings. The lowest BCUT2D eigenvalue weighted by Crippen LogP contribution is -2.37. The van der Waals surface area contributed by atoms with E-state index in [2.05, 4.69) is 40.4 Å². The molecule has 6 nitrogen and oxygen atoms in total. The fourth-order valence-electron chi connectivity index (χ4n) is 2.43. The molecule has 23 heavy (non-hydrogen) atoms. The Morgan fingerprint density at radius 2 is 2.26 bits per heavy atom. The monoisotopic (exact) mass is 331 g/mol. The normalized spacial score (nSPS) is 17.7. The molecule has 0 radical (unpaired) electrons. The van der Waals surface area contributed by atoms with Gasteiger partial charge in [0.2, 0.25) is 0 Å². The molecule has 1 aromatic heterocycles. The summed E-state index contributed by atoms with van der Waals surface area (Å²) in [5, 5.41) is 13.5. The first kappa shape index (κ1) is 15.7. The summed E-state index contributed by atoms with van der Waals surface area (Å²) in [6.45, 7) is 5.34. The highest BCUT2D eigenvalue weighted by molar-refractivity contribution is 7.11. The molecule has 0 saturated carbocycles. The maximum absolute atomic E-state index is 6.03. The molecule has 7 heteroatoms. The highest BCUT2D eigenvalue weighted by atomic mass is 32.1. The number of hydrogen-bond acceptors (Lipinski definition) is 5. The van der Waals surface area contributed by atoms with Gasteiger partial charge in [0, 0.05) is 17.9 Å². The van der Waals surface area contributed by atoms with E-state index in [-0.39, 0.29) is 6.04 Å². The summed E-state index contributed by atoms with van der Waals surface area (Å²) >= 11 is 1.58. The lowest BCUT2D eigenvalue weighted by Gasteiger charge is -2.26. The van der Waals surface area contributed by atoms with Gasteiger partial charge in [0.1, 0.15) is 15.8 Å². The number of aromatic nitrogens is 2. The summed E-state index contributed by atoms with van der Waals surface area (Å²) in [6, 6.07) is 8.14. The third-order valence-corrected chi connectivity index (χ3v) is 4.85. The Hall–Kier alpha value is -2.15. The second-order valence-electron chi connectivity index (χ2n) is 5.76. The van der Waals surface area contributed by atoms with Crippen LogP contribution >= 0.6 is 11.3 Å². The van der Waals surface area contributed by atoms with Gasteiger partial charge in [-0.25, -0.2) is 4.99 Å². The molecular formula is C16H21N5OS. The standard InChI is InChI=1S/C16H21N5OS/c1-10(2)15-21-20-14(23-15)9-18-16(17)19-12-7-8-22-13-6-4-3-5-11(12)13/h3-6,10,12H,7-9H2,1-2H3,(H3,17,18,19). The summed E-state index contributed by atoms with van der Waals surface area (Å²) in [7, 11) is 0. The quantitative estimate of drug-likeness (QED) is 0.664. The van der Waals surface area contributed by atoms with Crippen molar-refractivity contribution in [3.63, 3.8) is 0 Å². The average Bonchev–Trinajstić information content (AvgIpc) is 3.03. The van der Waals surface area contributed by atoms with Crippen molar-refractivity contribution in [1.82, 2.24) is 15.5 Å². The fourth-order valence-corrected chi connectivity index (χ4v) is 3.20. The van der Waals surface area contributed by atoms with Crippen LogP contribution in [0.3, 0.4) is 0 Å². The van der Waals surface area contributed by atoms with Crippen LogP contribution in [0.1, 0.15) is 47.8 Å². The van der Waals surface area contributed by atoms with Crippen molar-refractivity contribution in [1.29, 1.82) is 0 Å². The molecule has 2 heterocycles. The van der Waals surface area contributed by atoms with Gasteiger partial charge < -0.3 is 15.8 Å². The van der Waals surface area contributed by atoms with Crippen LogP contribution in [0.5, 0.6) is 5.75 Å². The SMILES string of the molecule is CC(C)c1nnc(CN=C(N)NC2CCOc3ccccc32)s1. The molecule has 0 spiro atoms. The van der Waals surface area contributed by atoms with Crippen molar-refractivity contribution in [3.05, 3.63) is 39.8 Å². The number of rotatable bonds is 4. The second kappa shape index (κ2) is 6.95. The van der Waals surface area contributed by atoms with Crippen molar-refractivity contribution in [2.24, 2.45) is 10.7 Å². The highest BCUT2D eigenvalue weighted by Gasteiger charge is 2.21. The molecule has 122 valence electrons. The number of hydrogen-bond donors (Lipinski definition) is 2. The number of benzene rings is 1. The van der Waals surface area contributed by atoms with Crippen LogP contribution in [0.4, 0.5) is 0 Å². The molecule has 0 bridgehead atoms. The van der Waals surface area contributed by atoms with Gasteiger partial charge in [-0.1, -0.05) is 43.4 Å². The Labute approximate surface area is 139 Å². The van der Waals surface area contributed by atoms with Gasteiger partial charge in [0.05, 0.1) is 19.2 Å². The molecule has 0 saturated heterocycles. The van der Waals surface area contributed by atoms with Crippen molar-refractivity contribution < 1.29 is 4.74 Å². The summed E-state index contributed by atoms with van der Waals surface area (Å²) in [6.07, 6.45) is 0.865. The zero-order valence-corrected chi connectivity index (χ0v) is 14.1. The Morgan fingerprint density at radius 3 is 3.04 bits per heavy atom. The zero-order chi connectivity index (χ0) is 16.2. The first-order chi connectivity index (χ1) is 11.1. The van der Waals surface area contributed by atoms with E-state index in [0.29, 0.717) is 25.0 Å². The molecular weight excluding hydrogens is 310 g/mol. The third-order valence-electron chi connectivity index (χ3n) is 3.64. The molecule has 2 aromatic rings. The van der Waals surface area contributed by atoms with E-state index in [4.69, 9.17) is 10.5 Å². The lowest BCUT2D eigenvalue weighted by atomic mass is 10.0. The van der Waals surface area contributed by atoms with Crippen molar-refractivity contribution in [3.8, 4) is 5.75 Å². The molecule has 3 rings (SSSR count). The molecule has 1 atom stereocenters. The third kappa shape index (κ3) is 3.79. The minimum atomic E-state index is 0.129. The maximum atomic E-state index is 6.03. The number of aliphatic imine (C=N–C) groups is 1. The van der Waals surface area contributed by atoms with Crippen molar-refractivity contribution in [2.45, 2.75) is 38.8 Å². The number of nitrogens with one attached hydrogen (secondary N) is 1. The summed E-state index contributed by atoms with van der Waals surface area (Å²) in [4.78, 5) is 4.38. The minimum absolute atomic E-state index is 0.129. The lowest BCUT2D eigenvalue weighted by molar-refractivity contribution is 0.262. The minimum Gasteiger partial charge on any atom is -0.493 e. The first-order valence-electron chi connectivity index (χ1n) is 7.74. The van der Waals surface area contributed by atoms with Gasteiger partial charge in [-0.3, -0.25) is 0 Å². The fraction of sp³-hybridized carbons (Fsp3) is 0.438. The van der Waals surface area contributed by atoms with Crippen LogP contribution in [-0.2, 0) is 6.54 Å². The Kier molecular flexibility index (Phi) is 4.76. The molecule has 1 aromatic carbocycles. The molecule has 1 unspecified atom stereocenters. The van der Waals surface area contributed by atoms with Gasteiger partial charge in [0.25, 0.3) is 0 Å². The van der Waals surface area contributed by atoms with Crippen LogP contribution < -0.4 is 15.8 Å². The van der Waals surface area contributed by atoms with Crippen LogP contribution in [0.15, 0.2) is 29.3 Å². The second-order valence-corrected chi connectivity index (χ2v) is 6.86. The predicted octanol–water partition coefficient (Wildman–Crippen LogP) is 2.59. The molecule has 0 amide bonds. The van der Waals surface area contributed by atoms with Gasteiger partial charge in [-0.2, -0.15) is 0 Å². The predicted molar refractivity (Wildman–Crippen MR) is 91.8 cm³/mol. The van der Waals surface area contributed by atoms with Crippen LogP contribution in [0, 0.1) is 0 Å². The number of ether oxygens (including phenoxy) is 1. The Balaban J connectivity index is 1.64. The summed E-state index contributed by atoms with van der Waals surface area (Å²) in [5.41, 5.74) is 7.15. The molecule has 0 aliphatic carbocycles. The van der Waals surface area contributed by atoms with E-state index in [9.17, 15) is 0 Å². The van der Waals surface area contributed by atoms with E-state index in [0.717, 1.165) is 27.7 Å². The van der Waals surface area contributed by atoms with E-state index in [1.54, 1.807) is 11.3 Å². The van der Waals surface area contributed by atoms with Crippen LogP contribution in [0.25, 0.3) is 0 Å². The summed E-state index contributed by atoms with van der Waals surface area (Å²) < 4.78 is 5.65. The number of nitrogens with zero attached hydrogens (tertiary/aromatic N) is 3. The van der Waals surface area contributed by atoms with Gasteiger partial charge in [0.15, 0.2) is 5.96 Å². The maximum Gasteiger partial charge on any atom is 0.189 e. The number of fused-ring (bicyclic) bond motifs is 1. The number of nitrogens with two attached hydrogens (primary N) is 1. The smallest absolute Gasteiger partial charge is 0.189 e. The van der Waals surface area contributed by atoms with Gasteiger partial charge in [-0.05, 0) is 6.07 Å². The Bertz CT molecular complexity index is 697. The van der Waals surface area contributed by atoms with E-state index < -0.39 is 0 Å². The van der Waals surface area contributed by atoms with Crippen LogP contribution in [0.2, 0.25) is 0 Å². The molecule has 0 fully saturated rings. The summed E-state index contributed by atoms with van der Waals surface area (Å²) in [5.74, 6) is 1.72. The van der Waals surface area contributed by atoms with Crippen molar-refractivity contribution >= 4 is 17.3 Å². The Morgan fingerprint density at radius 1 is 1.43 bits per heavy atom. The van der Waals surface area contributed by atoms with E-state index in [1.165, 1.54) is 0 Å². The van der Waals surface area contributed by atoms with E-state index >= 15 is 0 Å². The van der Waals surface area contributed by atoms with Crippen LogP contribution in [-0.4, -0.2) is 22.8 Å². The topological polar surface area (TPSA) is 85.4 Å². The number of para-hydroxylation sites is 1. The van der Waals surface area contributed by atoms with Gasteiger partial charge in [-0.15, -0.1) is 10.2 Å². The molecule has 1 aliphatic heterocycles. The average molecular weight is 331 g/mol. The molecule has 3 N–H and O–H groups in total. The largest absolute Gasteiger partial charge is 0.493 e. The van der Waals surface area contributed by atoms with E-state index in [1.807, 2.05) is 18.2 Å². The van der Waals surface area contributed by atoms with Crippen molar-refractivity contribution in [2.75, 3.05) is 6.61 Å². The zero-order valence-electron chi connectivity index (χ0n) is 13.3. The highest BCUT2D eigenvalue weighted by Crippen LogP contribution is 2.31. The first-order valence-corrected chi connectivity index (χ1v) is 8.55. The number of guanidine groups is 1.